The number of nitrogens with zero attached hydrogens (tertiary/aromatic N) is 5. The van der Waals surface area contributed by atoms with Gasteiger partial charge in [-0.2, -0.15) is 0 Å². The molecule has 0 radical (unpaired) electrons. The molecule has 4 aromatic rings. The third-order valence-corrected chi connectivity index (χ3v) is 9.11. The van der Waals surface area contributed by atoms with Gasteiger partial charge in [-0.15, -0.1) is 10.2 Å². The first kappa shape index (κ1) is 34.3. The van der Waals surface area contributed by atoms with Gasteiger partial charge in [0.05, 0.1) is 18.3 Å². The predicted molar refractivity (Wildman–Crippen MR) is 188 cm³/mol. The van der Waals surface area contributed by atoms with Gasteiger partial charge in [0.1, 0.15) is 23.4 Å². The van der Waals surface area contributed by atoms with Gasteiger partial charge in [-0.25, -0.2) is 9.78 Å². The topological polar surface area (TPSA) is 146 Å². The first-order valence-corrected chi connectivity index (χ1v) is 17.1. The van der Waals surface area contributed by atoms with Gasteiger partial charge in [-0.1, -0.05) is 65.8 Å². The van der Waals surface area contributed by atoms with E-state index >= 15 is 0 Å². The molecule has 4 heterocycles. The van der Waals surface area contributed by atoms with Crippen molar-refractivity contribution in [3.05, 3.63) is 83.1 Å². The highest BCUT2D eigenvalue weighted by Crippen LogP contribution is 2.39. The van der Waals surface area contributed by atoms with Crippen LogP contribution >= 0.6 is 0 Å². The molecule has 6 rings (SSSR count). The lowest BCUT2D eigenvalue weighted by Gasteiger charge is -2.32. The average molecular weight is 669 g/mol. The molecule has 3 aromatic heterocycles. The zero-order valence-corrected chi connectivity index (χ0v) is 29.3. The van der Waals surface area contributed by atoms with E-state index in [0.717, 1.165) is 41.3 Å². The number of aromatic nitrogens is 4. The van der Waals surface area contributed by atoms with Crippen LogP contribution in [0.2, 0.25) is 0 Å². The van der Waals surface area contributed by atoms with E-state index in [2.05, 4.69) is 62.9 Å². The van der Waals surface area contributed by atoms with Gasteiger partial charge >= 0.3 is 6.03 Å². The summed E-state index contributed by atoms with van der Waals surface area (Å²) in [6.07, 6.45) is 3.60. The van der Waals surface area contributed by atoms with Crippen molar-refractivity contribution in [3.8, 4) is 5.75 Å². The second kappa shape index (κ2) is 13.8. The van der Waals surface area contributed by atoms with Crippen LogP contribution in [0.25, 0.3) is 5.65 Å². The monoisotopic (exact) mass is 668 g/mol. The Kier molecular flexibility index (Phi) is 9.63. The van der Waals surface area contributed by atoms with Crippen molar-refractivity contribution in [2.24, 2.45) is 0 Å². The zero-order valence-electron chi connectivity index (χ0n) is 29.3. The second-order valence-corrected chi connectivity index (χ2v) is 15.2. The van der Waals surface area contributed by atoms with Gasteiger partial charge < -0.3 is 25.8 Å². The van der Waals surface area contributed by atoms with E-state index in [1.54, 1.807) is 6.07 Å². The summed E-state index contributed by atoms with van der Waals surface area (Å²) in [5.41, 5.74) is 3.71. The van der Waals surface area contributed by atoms with Crippen LogP contribution in [0.15, 0.2) is 54.7 Å². The molecular formula is C37H48N8O4. The molecule has 3 atom stereocenters. The summed E-state index contributed by atoms with van der Waals surface area (Å²) in [5, 5.41) is 27.5. The normalized spacial score (nSPS) is 19.8. The van der Waals surface area contributed by atoms with Crippen molar-refractivity contribution in [1.82, 2.24) is 35.1 Å². The maximum absolute atomic E-state index is 13.4. The van der Waals surface area contributed by atoms with E-state index < -0.39 is 0 Å². The quantitative estimate of drug-likeness (QED) is 0.198. The molecule has 3 amide bonds. The minimum atomic E-state index is -0.364. The Balaban J connectivity index is 1.13. The molecule has 1 fully saturated rings. The van der Waals surface area contributed by atoms with Crippen molar-refractivity contribution >= 4 is 23.3 Å². The van der Waals surface area contributed by atoms with Crippen LogP contribution in [0, 0.1) is 0 Å². The van der Waals surface area contributed by atoms with Crippen LogP contribution in [0.3, 0.4) is 0 Å². The largest absolute Gasteiger partial charge is 0.484 e. The number of hydrogen-bond donors (Lipinski definition) is 4. The number of ether oxygens (including phenoxy) is 1. The fourth-order valence-corrected chi connectivity index (χ4v) is 6.50. The smallest absolute Gasteiger partial charge is 0.319 e. The molecule has 1 aromatic carbocycles. The Labute approximate surface area is 287 Å². The Morgan fingerprint density at radius 3 is 2.45 bits per heavy atom. The minimum absolute atomic E-state index is 0.174. The van der Waals surface area contributed by atoms with Crippen LogP contribution in [0.5, 0.6) is 5.75 Å². The molecule has 0 bridgehead atoms. The van der Waals surface area contributed by atoms with E-state index in [4.69, 9.17) is 4.74 Å². The molecule has 2 aliphatic rings. The summed E-state index contributed by atoms with van der Waals surface area (Å²) in [7, 11) is 0. The molecule has 1 aliphatic carbocycles. The number of carbonyl (C=O) groups is 2. The highest BCUT2D eigenvalue weighted by atomic mass is 16.5. The lowest BCUT2D eigenvalue weighted by atomic mass is 9.85. The number of fused-ring (bicyclic) bond motifs is 2. The Morgan fingerprint density at radius 2 is 1.73 bits per heavy atom. The fraction of sp³-hybridized carbons (Fsp3) is 0.486. The number of anilines is 1. The lowest BCUT2D eigenvalue weighted by molar-refractivity contribution is 0.0943. The molecule has 49 heavy (non-hydrogen) atoms. The summed E-state index contributed by atoms with van der Waals surface area (Å²) < 4.78 is 8.54. The molecule has 1 saturated heterocycles. The van der Waals surface area contributed by atoms with E-state index in [1.807, 2.05) is 67.8 Å². The average Bonchev–Trinajstić information content (AvgIpc) is 3.67. The number of likely N-dealkylation sites (tertiary alicyclic amines) is 1. The van der Waals surface area contributed by atoms with Crippen molar-refractivity contribution in [2.75, 3.05) is 31.5 Å². The molecular weight excluding hydrogens is 620 g/mol. The first-order chi connectivity index (χ1) is 23.2. The Bertz CT molecular complexity index is 1830. The maximum atomic E-state index is 13.4. The van der Waals surface area contributed by atoms with Crippen molar-refractivity contribution < 1.29 is 19.4 Å². The molecule has 1 unspecified atom stereocenters. The Hall–Kier alpha value is -4.55. The van der Waals surface area contributed by atoms with Crippen molar-refractivity contribution in [3.63, 3.8) is 0 Å². The van der Waals surface area contributed by atoms with Crippen LogP contribution in [-0.2, 0) is 10.8 Å². The lowest BCUT2D eigenvalue weighted by Crippen LogP contribution is -2.36. The molecule has 0 saturated carbocycles. The summed E-state index contributed by atoms with van der Waals surface area (Å²) in [6, 6.07) is 14.7. The highest BCUT2D eigenvalue weighted by molar-refractivity contribution is 5.95. The van der Waals surface area contributed by atoms with E-state index in [-0.39, 0.29) is 46.7 Å². The molecule has 260 valence electrons. The number of hydrogen-bond acceptors (Lipinski definition) is 8. The second-order valence-electron chi connectivity index (χ2n) is 15.2. The predicted octanol–water partition coefficient (Wildman–Crippen LogP) is 5.29. The number of amides is 3. The van der Waals surface area contributed by atoms with Crippen LogP contribution in [-0.4, -0.2) is 73.8 Å². The number of nitrogens with one attached hydrogen (secondary N) is 3. The van der Waals surface area contributed by atoms with Crippen LogP contribution in [0.4, 0.5) is 10.5 Å². The van der Waals surface area contributed by atoms with Crippen LogP contribution in [0.1, 0.15) is 106 Å². The van der Waals surface area contributed by atoms with Gasteiger partial charge in [0.15, 0.2) is 5.65 Å². The number of pyridine rings is 2. The third kappa shape index (κ3) is 8.02. The summed E-state index contributed by atoms with van der Waals surface area (Å²) in [5.74, 6) is 1.28. The van der Waals surface area contributed by atoms with E-state index in [9.17, 15) is 14.7 Å². The minimum Gasteiger partial charge on any atom is -0.484 e. The number of urea groups is 1. The summed E-state index contributed by atoms with van der Waals surface area (Å²) in [4.78, 5) is 33.3. The number of aliphatic hydroxyl groups excluding tert-OH is 1. The van der Waals surface area contributed by atoms with Crippen molar-refractivity contribution in [1.29, 1.82) is 0 Å². The zero-order chi connectivity index (χ0) is 34.9. The molecule has 12 heteroatoms. The fourth-order valence-electron chi connectivity index (χ4n) is 6.50. The van der Waals surface area contributed by atoms with E-state index in [0.29, 0.717) is 43.9 Å². The first-order valence-electron chi connectivity index (χ1n) is 17.1. The standard InChI is InChI=1S/C37H48N8O4/c1-36(2,3)31-20-23(19-29(40-31)33(47)38-16-18-44-17-15-24(46)21-44)39-35(48)41-28-12-13-30(27-10-8-7-9-26(27)28)49-25-11-14-32-42-43-34(37(4,5)6)45(32)22-25/h7-11,14,19-20,22,24,28,30,46H,12-13,15-18,21H2,1-6H3,(H,38,47)(H2,39,40,41,48)/t24?,28-,30+/m0/s1. The molecule has 0 spiro atoms. The molecule has 4 N–H and O–H groups in total. The number of aliphatic hydroxyl groups is 1. The SMILES string of the molecule is CC(C)(C)c1cc(NC(=O)N[C@H]2CC[C@@H](Oc3ccc4nnc(C(C)(C)C)n4c3)c3ccccc32)cc(C(=O)NCCN2CCC(O)C2)n1. The third-order valence-electron chi connectivity index (χ3n) is 9.11. The van der Waals surface area contributed by atoms with E-state index in [1.165, 1.54) is 0 Å². The molecule has 1 aliphatic heterocycles. The highest BCUT2D eigenvalue weighted by Gasteiger charge is 2.30. The van der Waals surface area contributed by atoms with Gasteiger partial charge in [0.25, 0.3) is 5.91 Å². The number of β-amino-alcohol motifs (C(OH)–C–C–N with tert-alkyl or cyclic N) is 1. The van der Waals surface area contributed by atoms with Crippen LogP contribution < -0.4 is 20.7 Å². The Morgan fingerprint density at radius 1 is 0.959 bits per heavy atom. The van der Waals surface area contributed by atoms with Gasteiger partial charge in [-0.05, 0) is 54.7 Å². The number of rotatable bonds is 8. The van der Waals surface area contributed by atoms with Gasteiger partial charge in [0, 0.05) is 48.4 Å². The van der Waals surface area contributed by atoms with Gasteiger partial charge in [-0.3, -0.25) is 14.1 Å². The van der Waals surface area contributed by atoms with Gasteiger partial charge in [0.2, 0.25) is 0 Å². The summed E-state index contributed by atoms with van der Waals surface area (Å²) in [6.45, 7) is 14.9. The molecule has 12 nitrogen and oxygen atoms in total. The maximum Gasteiger partial charge on any atom is 0.319 e. The number of benzene rings is 1. The summed E-state index contributed by atoms with van der Waals surface area (Å²) >= 11 is 0. The van der Waals surface area contributed by atoms with Crippen molar-refractivity contribution in [2.45, 2.75) is 89.9 Å². The number of carbonyl (C=O) groups excluding carboxylic acids is 2.